The molecular weight excluding hydrogens is 233 g/mol. The van der Waals surface area contributed by atoms with Gasteiger partial charge in [-0.3, -0.25) is 0 Å². The van der Waals surface area contributed by atoms with Gasteiger partial charge in [-0.1, -0.05) is 6.07 Å². The van der Waals surface area contributed by atoms with Gasteiger partial charge in [0.2, 0.25) is 0 Å². The highest BCUT2D eigenvalue weighted by Crippen LogP contribution is 2.32. The lowest BCUT2D eigenvalue weighted by Gasteiger charge is -2.29. The number of β-amino-alcohol motifs (C(OH)–C–C–N with tert-alkyl or cyclic N) is 1. The second kappa shape index (κ2) is 5.12. The van der Waals surface area contributed by atoms with Gasteiger partial charge in [0.15, 0.2) is 0 Å². The van der Waals surface area contributed by atoms with E-state index >= 15 is 0 Å². The zero-order chi connectivity index (χ0) is 13.3. The van der Waals surface area contributed by atoms with Crippen LogP contribution in [0, 0.1) is 5.82 Å². The van der Waals surface area contributed by atoms with E-state index < -0.39 is 5.82 Å². The largest absolute Gasteiger partial charge is 0.395 e. The van der Waals surface area contributed by atoms with Crippen LogP contribution in [0.2, 0.25) is 0 Å². The van der Waals surface area contributed by atoms with Crippen LogP contribution in [0.1, 0.15) is 6.42 Å². The third-order valence-corrected chi connectivity index (χ3v) is 3.31. The first-order valence-electron chi connectivity index (χ1n) is 6.12. The molecule has 5 heteroatoms. The Balaban J connectivity index is 2.27. The summed E-state index contributed by atoms with van der Waals surface area (Å²) < 4.78 is 13.5. The maximum absolute atomic E-state index is 13.5. The second-order valence-electron chi connectivity index (χ2n) is 5.13. The van der Waals surface area contributed by atoms with E-state index in [9.17, 15) is 9.50 Å². The Morgan fingerprint density at radius 3 is 2.89 bits per heavy atom. The van der Waals surface area contributed by atoms with Gasteiger partial charge < -0.3 is 20.6 Å². The topological polar surface area (TPSA) is 52.7 Å². The third kappa shape index (κ3) is 2.57. The van der Waals surface area contributed by atoms with Gasteiger partial charge in [-0.05, 0) is 32.6 Å². The number of benzene rings is 1. The normalized spacial score (nSPS) is 23.9. The van der Waals surface area contributed by atoms with Crippen molar-refractivity contribution < 1.29 is 9.50 Å². The summed E-state index contributed by atoms with van der Waals surface area (Å²) in [7, 11) is 3.97. The fourth-order valence-electron chi connectivity index (χ4n) is 2.56. The standard InChI is InChI=1S/C13H20FN3O/c1-16(2)7-9-6-10(18)8-17(9)12-5-3-4-11(14)13(12)15/h3-5,9-10,18H,6-8,15H2,1-2H3. The molecule has 3 N–H and O–H groups in total. The molecular formula is C13H20FN3O. The summed E-state index contributed by atoms with van der Waals surface area (Å²) in [4.78, 5) is 4.06. The first-order valence-corrected chi connectivity index (χ1v) is 6.12. The first-order chi connectivity index (χ1) is 8.49. The molecule has 2 rings (SSSR count). The third-order valence-electron chi connectivity index (χ3n) is 3.31. The number of para-hydroxylation sites is 1. The molecule has 18 heavy (non-hydrogen) atoms. The number of nitrogen functional groups attached to an aromatic ring is 1. The highest BCUT2D eigenvalue weighted by Gasteiger charge is 2.32. The van der Waals surface area contributed by atoms with Crippen molar-refractivity contribution in [1.82, 2.24) is 4.90 Å². The van der Waals surface area contributed by atoms with E-state index in [1.54, 1.807) is 12.1 Å². The molecule has 4 nitrogen and oxygen atoms in total. The SMILES string of the molecule is CN(C)CC1CC(O)CN1c1cccc(F)c1N. The average Bonchev–Trinajstić information content (AvgIpc) is 2.62. The van der Waals surface area contributed by atoms with Crippen LogP contribution in [0.15, 0.2) is 18.2 Å². The summed E-state index contributed by atoms with van der Waals surface area (Å²) >= 11 is 0. The lowest BCUT2D eigenvalue weighted by Crippen LogP contribution is -2.38. The number of anilines is 2. The number of nitrogens with zero attached hydrogens (tertiary/aromatic N) is 2. The van der Waals surface area contributed by atoms with Crippen molar-refractivity contribution in [2.24, 2.45) is 0 Å². The van der Waals surface area contributed by atoms with Crippen LogP contribution in [0.3, 0.4) is 0 Å². The Kier molecular flexibility index (Phi) is 3.73. The van der Waals surface area contributed by atoms with Crippen LogP contribution in [-0.2, 0) is 0 Å². The highest BCUT2D eigenvalue weighted by atomic mass is 19.1. The van der Waals surface area contributed by atoms with Crippen LogP contribution in [0.25, 0.3) is 0 Å². The van der Waals surface area contributed by atoms with E-state index in [4.69, 9.17) is 5.73 Å². The molecule has 0 aromatic heterocycles. The highest BCUT2D eigenvalue weighted by molar-refractivity contribution is 5.69. The van der Waals surface area contributed by atoms with E-state index in [0.717, 1.165) is 6.54 Å². The van der Waals surface area contributed by atoms with Crippen molar-refractivity contribution in [3.05, 3.63) is 24.0 Å². The summed E-state index contributed by atoms with van der Waals surface area (Å²) in [5, 5.41) is 9.81. The van der Waals surface area contributed by atoms with E-state index in [0.29, 0.717) is 18.7 Å². The Hall–Kier alpha value is -1.33. The maximum Gasteiger partial charge on any atom is 0.148 e. The van der Waals surface area contributed by atoms with Gasteiger partial charge in [0.05, 0.1) is 17.5 Å². The average molecular weight is 253 g/mol. The minimum atomic E-state index is -0.405. The van der Waals surface area contributed by atoms with E-state index in [1.807, 2.05) is 19.0 Å². The number of hydrogen-bond donors (Lipinski definition) is 2. The van der Waals surface area contributed by atoms with Crippen molar-refractivity contribution >= 4 is 11.4 Å². The van der Waals surface area contributed by atoms with Gasteiger partial charge >= 0.3 is 0 Å². The molecule has 1 aromatic rings. The maximum atomic E-state index is 13.5. The summed E-state index contributed by atoms with van der Waals surface area (Å²) in [5.41, 5.74) is 6.63. The molecule has 0 spiro atoms. The van der Waals surface area contributed by atoms with Crippen LogP contribution in [0.5, 0.6) is 0 Å². The van der Waals surface area contributed by atoms with Crippen molar-refractivity contribution in [1.29, 1.82) is 0 Å². The lowest BCUT2D eigenvalue weighted by molar-refractivity contribution is 0.191. The van der Waals surface area contributed by atoms with Crippen molar-refractivity contribution in [2.45, 2.75) is 18.6 Å². The molecule has 1 aromatic carbocycles. The second-order valence-corrected chi connectivity index (χ2v) is 5.13. The minimum absolute atomic E-state index is 0.162. The van der Waals surface area contributed by atoms with E-state index in [-0.39, 0.29) is 17.8 Å². The molecule has 0 bridgehead atoms. The fourth-order valence-corrected chi connectivity index (χ4v) is 2.56. The molecule has 1 aliphatic rings. The van der Waals surface area contributed by atoms with Crippen molar-refractivity contribution in [2.75, 3.05) is 37.8 Å². The first kappa shape index (κ1) is 13.1. The predicted octanol–water partition coefficient (Wildman–Crippen LogP) is 0.909. The molecule has 1 fully saturated rings. The van der Waals surface area contributed by atoms with Gasteiger partial charge in [0.25, 0.3) is 0 Å². The lowest BCUT2D eigenvalue weighted by atomic mass is 10.1. The molecule has 100 valence electrons. The number of rotatable bonds is 3. The summed E-state index contributed by atoms with van der Waals surface area (Å²) in [5.74, 6) is -0.405. The number of aliphatic hydroxyl groups excluding tert-OH is 1. The Bertz CT molecular complexity index is 425. The monoisotopic (exact) mass is 253 g/mol. The molecule has 2 atom stereocenters. The summed E-state index contributed by atoms with van der Waals surface area (Å²) in [6.07, 6.45) is 0.311. The van der Waals surface area contributed by atoms with Crippen molar-refractivity contribution in [3.63, 3.8) is 0 Å². The molecule has 0 radical (unpaired) electrons. The van der Waals surface area contributed by atoms with Gasteiger partial charge in [-0.2, -0.15) is 0 Å². The zero-order valence-electron chi connectivity index (χ0n) is 10.8. The molecule has 1 saturated heterocycles. The quantitative estimate of drug-likeness (QED) is 0.786. The molecule has 0 amide bonds. The Morgan fingerprint density at radius 2 is 2.22 bits per heavy atom. The number of likely N-dealkylation sites (N-methyl/N-ethyl adjacent to an activating group) is 1. The molecule has 1 heterocycles. The smallest absolute Gasteiger partial charge is 0.148 e. The van der Waals surface area contributed by atoms with Crippen molar-refractivity contribution in [3.8, 4) is 0 Å². The van der Waals surface area contributed by atoms with Crippen LogP contribution < -0.4 is 10.6 Å². The minimum Gasteiger partial charge on any atom is -0.395 e. The van der Waals surface area contributed by atoms with Gasteiger partial charge in [-0.15, -0.1) is 0 Å². The molecule has 2 unspecified atom stereocenters. The molecule has 0 saturated carbocycles. The number of hydrogen-bond acceptors (Lipinski definition) is 4. The number of aliphatic hydroxyl groups is 1. The van der Waals surface area contributed by atoms with Gasteiger partial charge in [0.1, 0.15) is 5.82 Å². The summed E-state index contributed by atoms with van der Waals surface area (Å²) in [6.45, 7) is 1.32. The Labute approximate surface area is 107 Å². The molecule has 1 aliphatic heterocycles. The molecule has 0 aliphatic carbocycles. The van der Waals surface area contributed by atoms with Crippen LogP contribution in [-0.4, -0.2) is 49.3 Å². The van der Waals surface area contributed by atoms with Gasteiger partial charge in [-0.25, -0.2) is 4.39 Å². The Morgan fingerprint density at radius 1 is 1.50 bits per heavy atom. The zero-order valence-corrected chi connectivity index (χ0v) is 10.8. The fraction of sp³-hybridized carbons (Fsp3) is 0.538. The number of halogens is 1. The number of nitrogens with two attached hydrogens (primary N) is 1. The van der Waals surface area contributed by atoms with Crippen LogP contribution >= 0.6 is 0 Å². The van der Waals surface area contributed by atoms with E-state index in [2.05, 4.69) is 4.90 Å². The summed E-state index contributed by atoms with van der Waals surface area (Å²) in [6, 6.07) is 4.98. The van der Waals surface area contributed by atoms with Gasteiger partial charge in [0, 0.05) is 19.1 Å². The van der Waals surface area contributed by atoms with Crippen LogP contribution in [0.4, 0.5) is 15.8 Å². The predicted molar refractivity (Wildman–Crippen MR) is 71.1 cm³/mol. The van der Waals surface area contributed by atoms with E-state index in [1.165, 1.54) is 6.07 Å².